The predicted molar refractivity (Wildman–Crippen MR) is 282 cm³/mol. The first-order chi connectivity index (χ1) is 31.6. The van der Waals surface area contributed by atoms with Gasteiger partial charge in [-0.15, -0.1) is 0 Å². The molecule has 5 nitrogen and oxygen atoms in total. The summed E-state index contributed by atoms with van der Waals surface area (Å²) in [5.41, 5.74) is 0. The Bertz CT molecular complexity index is 993. The molecule has 0 spiro atoms. The molecule has 0 fully saturated rings. The number of unbranched alkanes of at least 4 members (excludes halogenated alkanes) is 39. The van der Waals surface area contributed by atoms with E-state index in [1.807, 2.05) is 0 Å². The molecule has 5 heteroatoms. The highest BCUT2D eigenvalue weighted by atomic mass is 16.3. The first kappa shape index (κ1) is 62.6. The molecule has 0 heterocycles. The van der Waals surface area contributed by atoms with Crippen LogP contribution in [0.5, 0.6) is 0 Å². The van der Waals surface area contributed by atoms with Gasteiger partial charge in [-0.3, -0.25) is 4.79 Å². The van der Waals surface area contributed by atoms with E-state index in [0.717, 1.165) is 44.9 Å². The molecule has 0 bridgehead atoms. The minimum Gasteiger partial charge on any atom is -0.394 e. The molecule has 4 N–H and O–H groups in total. The molecule has 0 saturated carbocycles. The molecule has 0 rings (SSSR count). The number of amides is 1. The average molecular weight is 901 g/mol. The van der Waals surface area contributed by atoms with Crippen molar-refractivity contribution in [2.45, 2.75) is 327 Å². The third-order valence-electron chi connectivity index (χ3n) is 13.5. The van der Waals surface area contributed by atoms with Crippen molar-refractivity contribution in [3.05, 3.63) is 36.5 Å². The summed E-state index contributed by atoms with van der Waals surface area (Å²) in [5.74, 6) is -0.153. The van der Waals surface area contributed by atoms with Crippen molar-refractivity contribution < 1.29 is 20.1 Å². The van der Waals surface area contributed by atoms with E-state index in [1.54, 1.807) is 0 Å². The molecule has 3 atom stereocenters. The van der Waals surface area contributed by atoms with E-state index < -0.39 is 18.2 Å². The van der Waals surface area contributed by atoms with E-state index in [0.29, 0.717) is 12.8 Å². The maximum absolute atomic E-state index is 12.5. The Morgan fingerprint density at radius 3 is 1.00 bits per heavy atom. The summed E-state index contributed by atoms with van der Waals surface area (Å²) in [5, 5.41) is 33.8. The van der Waals surface area contributed by atoms with Crippen molar-refractivity contribution in [1.82, 2.24) is 5.32 Å². The standard InChI is InChI=1S/C59H113NO4/c1-3-5-7-9-11-13-15-17-19-21-23-25-27-28-29-30-32-34-36-38-40-42-44-46-48-50-52-54-58(63)60-56(55-61)59(64)57(62)53-51-49-47-45-43-41-39-37-35-33-31-26-24-22-20-18-16-14-12-10-8-6-4-2/h23,25,28-29,45,47,56-57,59,61-62,64H,3-22,24,26-27,30-44,46,48-55H2,1-2H3,(H,60,63)/b25-23-,29-28-,47-45+. The summed E-state index contributed by atoms with van der Waals surface area (Å²) in [6, 6.07) is -0.828. The zero-order valence-corrected chi connectivity index (χ0v) is 43.2. The number of allylic oxidation sites excluding steroid dienone is 6. The average Bonchev–Trinajstić information content (AvgIpc) is 3.30. The minimum absolute atomic E-state index is 0.153. The van der Waals surface area contributed by atoms with Crippen molar-refractivity contribution >= 4 is 5.91 Å². The largest absolute Gasteiger partial charge is 0.394 e. The summed E-state index contributed by atoms with van der Waals surface area (Å²) < 4.78 is 0. The SMILES string of the molecule is CCCCCCCCCCC/C=C\C/C=C\CCCCCCCCCCCCCC(=O)NC(CO)C(O)C(O)CCC/C=C/CCCCCCCCCCCCCCCCCCCC. The molecule has 0 aromatic rings. The quantitative estimate of drug-likeness (QED) is 0.0362. The lowest BCUT2D eigenvalue weighted by atomic mass is 10.0. The smallest absolute Gasteiger partial charge is 0.220 e. The fraction of sp³-hybridized carbons (Fsp3) is 0.881. The van der Waals surface area contributed by atoms with Crippen LogP contribution in [-0.4, -0.2) is 46.1 Å². The topological polar surface area (TPSA) is 89.8 Å². The molecule has 0 aromatic heterocycles. The predicted octanol–water partition coefficient (Wildman–Crippen LogP) is 17.8. The van der Waals surface area contributed by atoms with Gasteiger partial charge in [0.05, 0.1) is 18.8 Å². The fourth-order valence-corrected chi connectivity index (χ4v) is 9.02. The van der Waals surface area contributed by atoms with E-state index in [9.17, 15) is 20.1 Å². The lowest BCUT2D eigenvalue weighted by molar-refractivity contribution is -0.124. The Morgan fingerprint density at radius 2 is 0.672 bits per heavy atom. The Morgan fingerprint density at radius 1 is 0.391 bits per heavy atom. The number of hydrogen-bond donors (Lipinski definition) is 4. The van der Waals surface area contributed by atoms with Crippen molar-refractivity contribution in [2.24, 2.45) is 0 Å². The highest BCUT2D eigenvalue weighted by Gasteiger charge is 2.26. The number of carbonyl (C=O) groups is 1. The minimum atomic E-state index is -1.16. The molecule has 1 amide bonds. The molecular weight excluding hydrogens is 787 g/mol. The van der Waals surface area contributed by atoms with Crippen molar-refractivity contribution in [3.63, 3.8) is 0 Å². The summed E-state index contributed by atoms with van der Waals surface area (Å²) in [6.07, 6.45) is 70.2. The lowest BCUT2D eigenvalue weighted by Crippen LogP contribution is -2.50. The number of aliphatic hydroxyl groups excluding tert-OH is 3. The number of nitrogens with one attached hydrogen (secondary N) is 1. The second-order valence-corrected chi connectivity index (χ2v) is 19.8. The van der Waals surface area contributed by atoms with Gasteiger partial charge in [-0.2, -0.15) is 0 Å². The zero-order chi connectivity index (χ0) is 46.5. The third kappa shape index (κ3) is 48.5. The van der Waals surface area contributed by atoms with Crippen LogP contribution in [0.3, 0.4) is 0 Å². The van der Waals surface area contributed by atoms with Crippen LogP contribution in [0.25, 0.3) is 0 Å². The van der Waals surface area contributed by atoms with Crippen molar-refractivity contribution in [2.75, 3.05) is 6.61 Å². The fourth-order valence-electron chi connectivity index (χ4n) is 9.02. The van der Waals surface area contributed by atoms with E-state index in [4.69, 9.17) is 0 Å². The van der Waals surface area contributed by atoms with Crippen LogP contribution in [0, 0.1) is 0 Å². The second kappa shape index (κ2) is 54.2. The molecule has 0 aliphatic rings. The van der Waals surface area contributed by atoms with Crippen LogP contribution in [0.1, 0.15) is 309 Å². The van der Waals surface area contributed by atoms with Gasteiger partial charge in [0.15, 0.2) is 0 Å². The Kier molecular flexibility index (Phi) is 53.0. The normalized spacial score (nSPS) is 13.5. The Balaban J connectivity index is 3.57. The molecule has 0 aromatic carbocycles. The molecule has 64 heavy (non-hydrogen) atoms. The van der Waals surface area contributed by atoms with Gasteiger partial charge in [-0.05, 0) is 70.6 Å². The van der Waals surface area contributed by atoms with E-state index in [-0.39, 0.29) is 12.5 Å². The van der Waals surface area contributed by atoms with Crippen LogP contribution in [0.2, 0.25) is 0 Å². The van der Waals surface area contributed by atoms with Crippen molar-refractivity contribution in [3.8, 4) is 0 Å². The van der Waals surface area contributed by atoms with Gasteiger partial charge in [-0.1, -0.05) is 269 Å². The van der Waals surface area contributed by atoms with Crippen LogP contribution < -0.4 is 5.32 Å². The van der Waals surface area contributed by atoms with Crippen LogP contribution in [0.4, 0.5) is 0 Å². The second-order valence-electron chi connectivity index (χ2n) is 19.8. The highest BCUT2D eigenvalue weighted by Crippen LogP contribution is 2.17. The Hall–Kier alpha value is -1.43. The monoisotopic (exact) mass is 900 g/mol. The third-order valence-corrected chi connectivity index (χ3v) is 13.5. The van der Waals surface area contributed by atoms with Gasteiger partial charge >= 0.3 is 0 Å². The van der Waals surface area contributed by atoms with Gasteiger partial charge in [0.1, 0.15) is 6.10 Å². The molecule has 0 saturated heterocycles. The summed E-state index contributed by atoms with van der Waals surface area (Å²) >= 11 is 0. The van der Waals surface area contributed by atoms with Gasteiger partial charge in [0, 0.05) is 6.42 Å². The molecule has 0 aliphatic heterocycles. The van der Waals surface area contributed by atoms with E-state index >= 15 is 0 Å². The molecule has 0 radical (unpaired) electrons. The number of hydrogen-bond acceptors (Lipinski definition) is 4. The van der Waals surface area contributed by atoms with Gasteiger partial charge in [-0.25, -0.2) is 0 Å². The van der Waals surface area contributed by atoms with E-state index in [2.05, 4.69) is 55.6 Å². The number of rotatable bonds is 53. The first-order valence-electron chi connectivity index (χ1n) is 28.8. The van der Waals surface area contributed by atoms with Crippen LogP contribution >= 0.6 is 0 Å². The summed E-state index contributed by atoms with van der Waals surface area (Å²) in [4.78, 5) is 12.5. The van der Waals surface area contributed by atoms with Gasteiger partial charge in [0.2, 0.25) is 5.91 Å². The molecule has 0 aliphatic carbocycles. The maximum atomic E-state index is 12.5. The lowest BCUT2D eigenvalue weighted by Gasteiger charge is -2.26. The van der Waals surface area contributed by atoms with Crippen LogP contribution in [0.15, 0.2) is 36.5 Å². The summed E-state index contributed by atoms with van der Waals surface area (Å²) in [7, 11) is 0. The van der Waals surface area contributed by atoms with E-state index in [1.165, 1.54) is 238 Å². The first-order valence-corrected chi connectivity index (χ1v) is 28.8. The number of aliphatic hydroxyl groups is 3. The van der Waals surface area contributed by atoms with Crippen LogP contribution in [-0.2, 0) is 4.79 Å². The van der Waals surface area contributed by atoms with Gasteiger partial charge in [0.25, 0.3) is 0 Å². The maximum Gasteiger partial charge on any atom is 0.220 e. The molecular formula is C59H113NO4. The highest BCUT2D eigenvalue weighted by molar-refractivity contribution is 5.76. The summed E-state index contributed by atoms with van der Waals surface area (Å²) in [6.45, 7) is 4.20. The Labute approximate surface area is 400 Å². The number of carbonyl (C=O) groups excluding carboxylic acids is 1. The van der Waals surface area contributed by atoms with Crippen molar-refractivity contribution in [1.29, 1.82) is 0 Å². The zero-order valence-electron chi connectivity index (χ0n) is 43.2. The molecule has 3 unspecified atom stereocenters. The molecule has 378 valence electrons. The van der Waals surface area contributed by atoms with Gasteiger partial charge < -0.3 is 20.6 Å².